The Morgan fingerprint density at radius 3 is 2.76 bits per heavy atom. The molecule has 0 radical (unpaired) electrons. The number of benzene rings is 1. The number of nitrogens with two attached hydrogens (primary N) is 1. The molecule has 2 rings (SSSR count). The van der Waals surface area contributed by atoms with Gasteiger partial charge in [0, 0.05) is 10.6 Å². The van der Waals surface area contributed by atoms with Gasteiger partial charge in [0.25, 0.3) is 0 Å². The number of carbonyl (C=O) groups excluding carboxylic acids is 1. The summed E-state index contributed by atoms with van der Waals surface area (Å²) in [6.45, 7) is 4.03. The van der Waals surface area contributed by atoms with Gasteiger partial charge >= 0.3 is 0 Å². The third-order valence-corrected chi connectivity index (χ3v) is 4.98. The average Bonchev–Trinajstić information content (AvgIpc) is 3.01. The number of anilines is 1. The minimum Gasteiger partial charge on any atom is -0.472 e. The van der Waals surface area contributed by atoms with E-state index in [1.165, 1.54) is 0 Å². The monoisotopic (exact) mass is 426 g/mol. The van der Waals surface area contributed by atoms with Gasteiger partial charge in [0.2, 0.25) is 5.91 Å². The summed E-state index contributed by atoms with van der Waals surface area (Å²) in [5, 5.41) is 14.8. The largest absolute Gasteiger partial charge is 0.472 e. The van der Waals surface area contributed by atoms with Gasteiger partial charge in [-0.15, -0.1) is 11.3 Å². The summed E-state index contributed by atoms with van der Waals surface area (Å²) < 4.78 is 6.28. The Morgan fingerprint density at radius 2 is 2.16 bits per heavy atom. The van der Waals surface area contributed by atoms with Crippen molar-refractivity contribution in [1.29, 1.82) is 0 Å². The van der Waals surface area contributed by atoms with E-state index in [2.05, 4.69) is 21.2 Å². The summed E-state index contributed by atoms with van der Waals surface area (Å²) in [5.74, 6) is 0.771. The van der Waals surface area contributed by atoms with Crippen molar-refractivity contribution in [3.8, 4) is 5.75 Å². The van der Waals surface area contributed by atoms with Crippen molar-refractivity contribution in [3.05, 3.63) is 45.1 Å². The van der Waals surface area contributed by atoms with Crippen LogP contribution in [0.1, 0.15) is 25.1 Å². The van der Waals surface area contributed by atoms with Gasteiger partial charge in [-0.3, -0.25) is 10.5 Å². The number of halogens is 1. The van der Waals surface area contributed by atoms with Crippen LogP contribution in [0.4, 0.5) is 5.69 Å². The SMILES string of the molecule is CC(C)CC(O)C(N)Oc1ccc(NC(=O)Cc2cccs2)cc1Br. The number of carbonyl (C=O) groups is 1. The molecule has 0 bridgehead atoms. The topological polar surface area (TPSA) is 84.6 Å². The molecule has 1 heterocycles. The minimum absolute atomic E-state index is 0.0768. The van der Waals surface area contributed by atoms with Crippen LogP contribution in [0.25, 0.3) is 0 Å². The summed E-state index contributed by atoms with van der Waals surface area (Å²) in [7, 11) is 0. The molecule has 2 aromatic rings. The highest BCUT2D eigenvalue weighted by Crippen LogP contribution is 2.29. The summed E-state index contributed by atoms with van der Waals surface area (Å²) >= 11 is 4.97. The lowest BCUT2D eigenvalue weighted by atomic mass is 10.1. The zero-order valence-corrected chi connectivity index (χ0v) is 16.6. The fourth-order valence-corrected chi connectivity index (χ4v) is 3.47. The van der Waals surface area contributed by atoms with Crippen LogP contribution < -0.4 is 15.8 Å². The van der Waals surface area contributed by atoms with Crippen molar-refractivity contribution in [1.82, 2.24) is 0 Å². The lowest BCUT2D eigenvalue weighted by Crippen LogP contribution is -2.40. The smallest absolute Gasteiger partial charge is 0.229 e. The van der Waals surface area contributed by atoms with E-state index in [1.807, 2.05) is 31.4 Å². The number of ether oxygens (including phenoxy) is 1. The Balaban J connectivity index is 1.94. The number of rotatable bonds is 8. The van der Waals surface area contributed by atoms with E-state index in [4.69, 9.17) is 10.5 Å². The lowest BCUT2D eigenvalue weighted by Gasteiger charge is -2.22. The first-order valence-electron chi connectivity index (χ1n) is 8.07. The fourth-order valence-electron chi connectivity index (χ4n) is 2.29. The maximum atomic E-state index is 12.0. The highest BCUT2D eigenvalue weighted by Gasteiger charge is 2.19. The summed E-state index contributed by atoms with van der Waals surface area (Å²) in [6, 6.07) is 9.07. The molecule has 1 amide bonds. The molecule has 2 unspecified atom stereocenters. The van der Waals surface area contributed by atoms with Gasteiger partial charge in [-0.25, -0.2) is 0 Å². The van der Waals surface area contributed by atoms with Crippen molar-refractivity contribution < 1.29 is 14.6 Å². The number of hydrogen-bond donors (Lipinski definition) is 3. The van der Waals surface area contributed by atoms with E-state index in [0.29, 0.717) is 34.7 Å². The molecule has 1 aromatic heterocycles. The van der Waals surface area contributed by atoms with Crippen molar-refractivity contribution in [2.75, 3.05) is 5.32 Å². The summed E-state index contributed by atoms with van der Waals surface area (Å²) in [5.41, 5.74) is 6.56. The quantitative estimate of drug-likeness (QED) is 0.560. The van der Waals surface area contributed by atoms with Crippen LogP contribution in [0.15, 0.2) is 40.2 Å². The van der Waals surface area contributed by atoms with Crippen LogP contribution in [0, 0.1) is 5.92 Å². The molecule has 4 N–H and O–H groups in total. The van der Waals surface area contributed by atoms with Gasteiger partial charge in [-0.2, -0.15) is 0 Å². The number of thiophene rings is 1. The van der Waals surface area contributed by atoms with Gasteiger partial charge in [-0.1, -0.05) is 19.9 Å². The van der Waals surface area contributed by atoms with E-state index in [-0.39, 0.29) is 5.91 Å². The molecule has 0 spiro atoms. The van der Waals surface area contributed by atoms with Crippen molar-refractivity contribution in [2.24, 2.45) is 11.7 Å². The van der Waals surface area contributed by atoms with E-state index in [0.717, 1.165) is 4.88 Å². The number of aliphatic hydroxyl groups is 1. The second-order valence-electron chi connectivity index (χ2n) is 6.23. The van der Waals surface area contributed by atoms with E-state index >= 15 is 0 Å². The first kappa shape index (κ1) is 19.9. The number of nitrogens with one attached hydrogen (secondary N) is 1. The number of aliphatic hydroxyl groups excluding tert-OH is 1. The molecule has 1 aromatic carbocycles. The molecule has 2 atom stereocenters. The minimum atomic E-state index is -0.807. The fraction of sp³-hybridized carbons (Fsp3) is 0.389. The normalized spacial score (nSPS) is 13.5. The molecule has 0 fully saturated rings. The first-order valence-corrected chi connectivity index (χ1v) is 9.74. The maximum absolute atomic E-state index is 12.0. The molecule has 0 saturated carbocycles. The van der Waals surface area contributed by atoms with E-state index in [1.54, 1.807) is 29.5 Å². The molecule has 7 heteroatoms. The van der Waals surface area contributed by atoms with Crippen molar-refractivity contribution in [3.63, 3.8) is 0 Å². The van der Waals surface area contributed by atoms with Gasteiger partial charge in [0.05, 0.1) is 10.9 Å². The highest BCUT2D eigenvalue weighted by molar-refractivity contribution is 9.10. The van der Waals surface area contributed by atoms with E-state index < -0.39 is 12.3 Å². The second kappa shape index (κ2) is 9.33. The van der Waals surface area contributed by atoms with Crippen LogP contribution >= 0.6 is 27.3 Å². The first-order chi connectivity index (χ1) is 11.8. The van der Waals surface area contributed by atoms with Crippen LogP contribution in [0.5, 0.6) is 5.75 Å². The molecule has 0 saturated heterocycles. The molecule has 0 aliphatic heterocycles. The van der Waals surface area contributed by atoms with Gasteiger partial charge < -0.3 is 15.2 Å². The van der Waals surface area contributed by atoms with Crippen molar-refractivity contribution >= 4 is 38.9 Å². The van der Waals surface area contributed by atoms with Crippen LogP contribution in [0.2, 0.25) is 0 Å². The molecule has 0 aliphatic carbocycles. The predicted molar refractivity (Wildman–Crippen MR) is 105 cm³/mol. The van der Waals surface area contributed by atoms with E-state index in [9.17, 15) is 9.90 Å². The van der Waals surface area contributed by atoms with Gasteiger partial charge in [-0.05, 0) is 57.9 Å². The Kier molecular flexibility index (Phi) is 7.43. The summed E-state index contributed by atoms with van der Waals surface area (Å²) in [4.78, 5) is 13.1. The standard InChI is InChI=1S/C18H23BrN2O3S/c1-11(2)8-15(22)18(20)24-16-6-5-12(9-14(16)19)21-17(23)10-13-4-3-7-25-13/h3-7,9,11,15,18,22H,8,10,20H2,1-2H3,(H,21,23). The molecule has 136 valence electrons. The lowest BCUT2D eigenvalue weighted by molar-refractivity contribution is -0.115. The molecular formula is C18H23BrN2O3S. The third kappa shape index (κ3) is 6.43. The predicted octanol–water partition coefficient (Wildman–Crippen LogP) is 3.76. The van der Waals surface area contributed by atoms with Gasteiger partial charge in [0.1, 0.15) is 11.9 Å². The maximum Gasteiger partial charge on any atom is 0.229 e. The second-order valence-corrected chi connectivity index (χ2v) is 8.12. The Labute approximate surface area is 160 Å². The third-order valence-electron chi connectivity index (χ3n) is 3.49. The summed E-state index contributed by atoms with van der Waals surface area (Å²) in [6.07, 6.45) is -0.634. The van der Waals surface area contributed by atoms with Crippen LogP contribution in [-0.2, 0) is 11.2 Å². The Hall–Kier alpha value is -1.41. The molecular weight excluding hydrogens is 404 g/mol. The van der Waals surface area contributed by atoms with Crippen LogP contribution in [-0.4, -0.2) is 23.3 Å². The highest BCUT2D eigenvalue weighted by atomic mass is 79.9. The molecule has 25 heavy (non-hydrogen) atoms. The van der Waals surface area contributed by atoms with Crippen LogP contribution in [0.3, 0.4) is 0 Å². The average molecular weight is 427 g/mol. The Bertz CT molecular complexity index is 692. The molecule has 5 nitrogen and oxygen atoms in total. The molecule has 0 aliphatic rings. The number of hydrogen-bond acceptors (Lipinski definition) is 5. The Morgan fingerprint density at radius 1 is 1.40 bits per heavy atom. The van der Waals surface area contributed by atoms with Crippen molar-refractivity contribution in [2.45, 2.75) is 39.0 Å². The number of amides is 1. The zero-order valence-electron chi connectivity index (χ0n) is 14.2. The zero-order chi connectivity index (χ0) is 18.4. The van der Waals surface area contributed by atoms with Gasteiger partial charge in [0.15, 0.2) is 6.23 Å².